The van der Waals surface area contributed by atoms with Crippen LogP contribution in [0.4, 0.5) is 13.2 Å². The van der Waals surface area contributed by atoms with Crippen LogP contribution in [0.15, 0.2) is 22.3 Å². The number of thioether (sulfide) groups is 1. The number of alkyl halides is 3. The summed E-state index contributed by atoms with van der Waals surface area (Å²) in [6.07, 6.45) is -7.97. The van der Waals surface area contributed by atoms with Crippen molar-refractivity contribution in [3.63, 3.8) is 0 Å². The number of hydrogen-bond acceptors (Lipinski definition) is 11. The molecule has 5 atom stereocenters. The lowest BCUT2D eigenvalue weighted by atomic mass is 9.97. The number of nitriles is 1. The fourth-order valence-corrected chi connectivity index (χ4v) is 4.24. The van der Waals surface area contributed by atoms with Gasteiger partial charge in [0.2, 0.25) is 0 Å². The van der Waals surface area contributed by atoms with Crippen LogP contribution in [0.1, 0.15) is 32.0 Å². The molecule has 0 aliphatic carbocycles. The first-order valence-corrected chi connectivity index (χ1v) is 10.6. The molecular formula is C19H18F3N5O7S. The van der Waals surface area contributed by atoms with Crippen molar-refractivity contribution < 1.29 is 46.5 Å². The van der Waals surface area contributed by atoms with Crippen LogP contribution in [0.3, 0.4) is 0 Å². The predicted octanol–water partition coefficient (Wildman–Crippen LogP) is 2.89. The van der Waals surface area contributed by atoms with Crippen molar-refractivity contribution in [3.05, 3.63) is 34.0 Å². The average Bonchev–Trinajstić information content (AvgIpc) is 2.75. The Hall–Kier alpha value is -3.54. The van der Waals surface area contributed by atoms with Gasteiger partial charge in [-0.25, -0.2) is 4.98 Å². The number of ether oxygens (including phenoxy) is 4. The summed E-state index contributed by atoms with van der Waals surface area (Å²) in [5.74, 6) is -2.33. The molecule has 0 radical (unpaired) electrons. The lowest BCUT2D eigenvalue weighted by Gasteiger charge is -2.43. The number of halogens is 3. The van der Waals surface area contributed by atoms with E-state index >= 15 is 0 Å². The fourth-order valence-electron chi connectivity index (χ4n) is 3.12. The van der Waals surface area contributed by atoms with Gasteiger partial charge in [-0.3, -0.25) is 14.4 Å². The van der Waals surface area contributed by atoms with Gasteiger partial charge < -0.3 is 18.9 Å². The van der Waals surface area contributed by atoms with Gasteiger partial charge in [-0.05, 0) is 11.6 Å². The Balaban J connectivity index is 2.51. The standard InChI is InChI=1S/C19H18F3N5O7S/c1-8(28)31-7-13-15(32-9(2)29)14(26-27-24)16(33-10(3)30)18(34-13)35-12-4-11(5-23)17(25-6-12)19(20,21)22/h4,6,13-16,18H,7H2,1-3H3/t13?,14?,15-,16?,18+/m0/s1. The normalized spacial score (nSPS) is 23.9. The van der Waals surface area contributed by atoms with Gasteiger partial charge >= 0.3 is 24.1 Å². The maximum atomic E-state index is 13.1. The highest BCUT2D eigenvalue weighted by atomic mass is 32.2. The van der Waals surface area contributed by atoms with E-state index in [0.29, 0.717) is 11.8 Å². The molecule has 1 aromatic rings. The third-order valence-corrected chi connectivity index (χ3v) is 5.47. The number of nitrogens with zero attached hydrogens (tertiary/aromatic N) is 5. The van der Waals surface area contributed by atoms with Gasteiger partial charge in [-0.2, -0.15) is 18.4 Å². The molecule has 16 heteroatoms. The molecule has 1 aliphatic heterocycles. The Morgan fingerprint density at radius 2 is 1.86 bits per heavy atom. The van der Waals surface area contributed by atoms with Crippen molar-refractivity contribution in [3.8, 4) is 6.07 Å². The molecule has 35 heavy (non-hydrogen) atoms. The number of carbonyl (C=O) groups is 3. The van der Waals surface area contributed by atoms with Crippen molar-refractivity contribution in [2.24, 2.45) is 5.11 Å². The molecule has 0 bridgehead atoms. The van der Waals surface area contributed by atoms with Gasteiger partial charge in [-0.15, -0.1) is 0 Å². The number of rotatable bonds is 7. The van der Waals surface area contributed by atoms with E-state index in [2.05, 4.69) is 15.0 Å². The van der Waals surface area contributed by atoms with E-state index in [1.807, 2.05) is 0 Å². The first kappa shape index (κ1) is 27.7. The molecule has 12 nitrogen and oxygen atoms in total. The molecule has 0 N–H and O–H groups in total. The van der Waals surface area contributed by atoms with E-state index in [4.69, 9.17) is 29.7 Å². The van der Waals surface area contributed by atoms with Crippen LogP contribution in [0.5, 0.6) is 0 Å². The van der Waals surface area contributed by atoms with Crippen molar-refractivity contribution in [1.82, 2.24) is 4.98 Å². The predicted molar refractivity (Wildman–Crippen MR) is 109 cm³/mol. The number of pyridine rings is 1. The van der Waals surface area contributed by atoms with Gasteiger partial charge in [0.05, 0.1) is 5.56 Å². The quantitative estimate of drug-likeness (QED) is 0.172. The second-order valence-corrected chi connectivity index (χ2v) is 8.16. The highest BCUT2D eigenvalue weighted by molar-refractivity contribution is 7.99. The van der Waals surface area contributed by atoms with Crippen LogP contribution in [0.2, 0.25) is 0 Å². The molecule has 188 valence electrons. The second-order valence-electron chi connectivity index (χ2n) is 6.98. The highest BCUT2D eigenvalue weighted by Gasteiger charge is 2.50. The monoisotopic (exact) mass is 517 g/mol. The van der Waals surface area contributed by atoms with Gasteiger partial charge in [-0.1, -0.05) is 16.9 Å². The molecule has 1 aromatic heterocycles. The number of hydrogen-bond donors (Lipinski definition) is 0. The Kier molecular flexibility index (Phi) is 9.29. The second kappa shape index (κ2) is 11.7. The zero-order valence-electron chi connectivity index (χ0n) is 18.4. The minimum atomic E-state index is -4.87. The zero-order valence-corrected chi connectivity index (χ0v) is 19.2. The summed E-state index contributed by atoms with van der Waals surface area (Å²) in [7, 11) is 0. The molecule has 2 heterocycles. The molecular weight excluding hydrogens is 499 g/mol. The Morgan fingerprint density at radius 1 is 1.23 bits per heavy atom. The van der Waals surface area contributed by atoms with E-state index < -0.39 is 71.7 Å². The van der Waals surface area contributed by atoms with Crippen LogP contribution in [-0.4, -0.2) is 59.3 Å². The highest BCUT2D eigenvalue weighted by Crippen LogP contribution is 2.39. The van der Waals surface area contributed by atoms with E-state index in [9.17, 15) is 27.6 Å². The number of aromatic nitrogens is 1. The van der Waals surface area contributed by atoms with Crippen molar-refractivity contribution in [1.29, 1.82) is 5.26 Å². The first-order chi connectivity index (χ1) is 16.4. The minimum absolute atomic E-state index is 0.0218. The topological polar surface area (TPSA) is 174 Å². The van der Waals surface area contributed by atoms with E-state index in [1.165, 1.54) is 6.07 Å². The molecule has 1 fully saturated rings. The molecule has 0 spiro atoms. The largest absolute Gasteiger partial charge is 0.463 e. The van der Waals surface area contributed by atoms with Crippen LogP contribution >= 0.6 is 11.8 Å². The van der Waals surface area contributed by atoms with Crippen molar-refractivity contribution in [2.75, 3.05) is 6.61 Å². The van der Waals surface area contributed by atoms with Gasteiger partial charge in [0, 0.05) is 36.8 Å². The minimum Gasteiger partial charge on any atom is -0.463 e. The summed E-state index contributed by atoms with van der Waals surface area (Å²) >= 11 is 0.707. The van der Waals surface area contributed by atoms with Crippen LogP contribution in [0, 0.1) is 11.3 Å². The van der Waals surface area contributed by atoms with E-state index in [-0.39, 0.29) is 4.90 Å². The third-order valence-electron chi connectivity index (χ3n) is 4.36. The lowest BCUT2D eigenvalue weighted by Crippen LogP contribution is -2.59. The van der Waals surface area contributed by atoms with Crippen LogP contribution < -0.4 is 0 Å². The van der Waals surface area contributed by atoms with Crippen LogP contribution in [-0.2, 0) is 39.5 Å². The van der Waals surface area contributed by atoms with Gasteiger partial charge in [0.15, 0.2) is 5.69 Å². The van der Waals surface area contributed by atoms with Crippen molar-refractivity contribution in [2.45, 2.75) is 61.6 Å². The fraction of sp³-hybridized carbons (Fsp3) is 0.526. The van der Waals surface area contributed by atoms with Crippen molar-refractivity contribution >= 4 is 29.7 Å². The molecule has 1 saturated heterocycles. The summed E-state index contributed by atoms with van der Waals surface area (Å²) < 4.78 is 60.5. The molecule has 2 rings (SSSR count). The number of azide groups is 1. The summed E-state index contributed by atoms with van der Waals surface area (Å²) in [6, 6.07) is 0.969. The molecule has 0 saturated carbocycles. The summed E-state index contributed by atoms with van der Waals surface area (Å²) in [4.78, 5) is 40.8. The molecule has 0 aromatic carbocycles. The molecule has 1 aliphatic rings. The maximum absolute atomic E-state index is 13.1. The molecule has 0 amide bonds. The maximum Gasteiger partial charge on any atom is 0.434 e. The van der Waals surface area contributed by atoms with Gasteiger partial charge in [0.1, 0.15) is 42.5 Å². The first-order valence-electron chi connectivity index (χ1n) is 9.68. The lowest BCUT2D eigenvalue weighted by molar-refractivity contribution is -0.201. The summed E-state index contributed by atoms with van der Waals surface area (Å²) in [5.41, 5.74) is 5.66. The number of esters is 3. The number of carbonyl (C=O) groups excluding carboxylic acids is 3. The summed E-state index contributed by atoms with van der Waals surface area (Å²) in [5, 5.41) is 12.7. The Labute approximate surface area is 200 Å². The smallest absolute Gasteiger partial charge is 0.434 e. The zero-order chi connectivity index (χ0) is 26.3. The Morgan fingerprint density at radius 3 is 2.37 bits per heavy atom. The average molecular weight is 517 g/mol. The van der Waals surface area contributed by atoms with Gasteiger partial charge in [0.25, 0.3) is 0 Å². The van der Waals surface area contributed by atoms with E-state index in [0.717, 1.165) is 33.0 Å². The Bertz CT molecular complexity index is 1070. The SMILES string of the molecule is CC(=O)OCC1O[C@H](Sc2cnc(C(F)(F)F)c(C#N)c2)C(OC(C)=O)C(N=[N+]=[N-])[C@H]1OC(C)=O. The third kappa shape index (κ3) is 7.47. The van der Waals surface area contributed by atoms with E-state index in [1.54, 1.807) is 0 Å². The summed E-state index contributed by atoms with van der Waals surface area (Å²) in [6.45, 7) is 2.77. The molecule has 3 unspecified atom stereocenters. The van der Waals surface area contributed by atoms with Crippen LogP contribution in [0.25, 0.3) is 10.4 Å².